The van der Waals surface area contributed by atoms with E-state index in [2.05, 4.69) is 10.3 Å². The number of anilines is 1. The fourth-order valence-corrected chi connectivity index (χ4v) is 4.18. The van der Waals surface area contributed by atoms with E-state index >= 15 is 0 Å². The Bertz CT molecular complexity index is 1020. The van der Waals surface area contributed by atoms with Gasteiger partial charge in [0.2, 0.25) is 5.91 Å². The van der Waals surface area contributed by atoms with Crippen LogP contribution in [0.3, 0.4) is 0 Å². The van der Waals surface area contributed by atoms with Crippen molar-refractivity contribution < 1.29 is 14.3 Å². The normalized spacial score (nSPS) is 10.9. The molecule has 0 saturated carbocycles. The van der Waals surface area contributed by atoms with Crippen LogP contribution in [0.15, 0.2) is 45.7 Å². The third-order valence-electron chi connectivity index (χ3n) is 3.84. The summed E-state index contributed by atoms with van der Waals surface area (Å²) in [5.41, 5.74) is 1.16. The smallest absolute Gasteiger partial charge is 0.272 e. The molecule has 2 heterocycles. The van der Waals surface area contributed by atoms with Gasteiger partial charge in [-0.2, -0.15) is 0 Å². The summed E-state index contributed by atoms with van der Waals surface area (Å²) in [4.78, 5) is 29.7. The van der Waals surface area contributed by atoms with Crippen LogP contribution in [0.2, 0.25) is 0 Å². The average Bonchev–Trinajstić information content (AvgIpc) is 3.16. The third kappa shape index (κ3) is 4.73. The van der Waals surface area contributed by atoms with Crippen LogP contribution in [0.1, 0.15) is 6.92 Å². The number of aromatic nitrogens is 2. The molecule has 3 aromatic rings. The van der Waals surface area contributed by atoms with E-state index in [1.54, 1.807) is 23.8 Å². The van der Waals surface area contributed by atoms with E-state index in [9.17, 15) is 9.59 Å². The second kappa shape index (κ2) is 9.72. The number of carbonyl (C=O) groups excluding carboxylic acids is 1. The maximum Gasteiger partial charge on any atom is 0.272 e. The van der Waals surface area contributed by atoms with E-state index in [1.807, 2.05) is 30.5 Å². The van der Waals surface area contributed by atoms with Gasteiger partial charge in [-0.15, -0.1) is 11.3 Å². The van der Waals surface area contributed by atoms with Crippen LogP contribution in [0, 0.1) is 0 Å². The molecule has 0 aliphatic rings. The molecule has 0 atom stereocenters. The maximum atomic E-state index is 12.7. The summed E-state index contributed by atoms with van der Waals surface area (Å²) in [7, 11) is 1.58. The molecule has 2 aromatic heterocycles. The molecule has 7 nitrogen and oxygen atoms in total. The predicted octanol–water partition coefficient (Wildman–Crippen LogP) is 3.23. The first-order chi connectivity index (χ1) is 13.6. The zero-order chi connectivity index (χ0) is 19.9. The summed E-state index contributed by atoms with van der Waals surface area (Å²) in [6, 6.07) is 9.09. The average molecular weight is 420 g/mol. The maximum absolute atomic E-state index is 12.7. The number of thioether (sulfide) groups is 1. The van der Waals surface area contributed by atoms with Crippen molar-refractivity contribution in [2.45, 2.75) is 18.6 Å². The Morgan fingerprint density at radius 2 is 2.14 bits per heavy atom. The molecule has 1 aromatic carbocycles. The molecule has 0 bridgehead atoms. The van der Waals surface area contributed by atoms with Gasteiger partial charge >= 0.3 is 0 Å². The molecule has 0 saturated heterocycles. The first-order valence-electron chi connectivity index (χ1n) is 8.75. The van der Waals surface area contributed by atoms with E-state index in [0.717, 1.165) is 0 Å². The van der Waals surface area contributed by atoms with Crippen LogP contribution in [0.5, 0.6) is 5.75 Å². The van der Waals surface area contributed by atoms with E-state index in [0.29, 0.717) is 46.6 Å². The molecule has 0 radical (unpaired) electrons. The molecule has 28 heavy (non-hydrogen) atoms. The fraction of sp³-hybridized carbons (Fsp3) is 0.316. The van der Waals surface area contributed by atoms with Gasteiger partial charge in [-0.3, -0.25) is 14.2 Å². The minimum Gasteiger partial charge on any atom is -0.492 e. The second-order valence-corrected chi connectivity index (χ2v) is 7.60. The number of ether oxygens (including phenoxy) is 2. The molecule has 0 fully saturated rings. The summed E-state index contributed by atoms with van der Waals surface area (Å²) in [6.45, 7) is 3.17. The largest absolute Gasteiger partial charge is 0.492 e. The van der Waals surface area contributed by atoms with Crippen LogP contribution in [0.25, 0.3) is 10.2 Å². The summed E-state index contributed by atoms with van der Waals surface area (Å²) in [5, 5.41) is 5.19. The van der Waals surface area contributed by atoms with Gasteiger partial charge < -0.3 is 14.8 Å². The molecule has 1 N–H and O–H groups in total. The van der Waals surface area contributed by atoms with Crippen molar-refractivity contribution in [2.75, 3.05) is 31.4 Å². The lowest BCUT2D eigenvalue weighted by atomic mass is 10.3. The van der Waals surface area contributed by atoms with Crippen LogP contribution in [-0.2, 0) is 16.1 Å². The number of rotatable bonds is 9. The van der Waals surface area contributed by atoms with E-state index < -0.39 is 0 Å². The molecular formula is C19H21N3O4S2. The minimum absolute atomic E-state index is 0.110. The zero-order valence-electron chi connectivity index (χ0n) is 15.6. The second-order valence-electron chi connectivity index (χ2n) is 5.74. The van der Waals surface area contributed by atoms with Gasteiger partial charge in [-0.25, -0.2) is 4.98 Å². The van der Waals surface area contributed by atoms with Crippen molar-refractivity contribution in [2.24, 2.45) is 0 Å². The predicted molar refractivity (Wildman–Crippen MR) is 113 cm³/mol. The molecule has 9 heteroatoms. The van der Waals surface area contributed by atoms with E-state index in [-0.39, 0.29) is 17.2 Å². The molecule has 0 aliphatic carbocycles. The highest BCUT2D eigenvalue weighted by Crippen LogP contribution is 2.25. The highest BCUT2D eigenvalue weighted by atomic mass is 32.2. The third-order valence-corrected chi connectivity index (χ3v) is 5.71. The highest BCUT2D eigenvalue weighted by Gasteiger charge is 2.15. The molecule has 0 unspecified atom stereocenters. The van der Waals surface area contributed by atoms with Crippen LogP contribution in [-0.4, -0.2) is 41.5 Å². The number of amides is 1. The topological polar surface area (TPSA) is 82.5 Å². The molecule has 1 amide bonds. The summed E-state index contributed by atoms with van der Waals surface area (Å²) in [5.74, 6) is 0.545. The quantitative estimate of drug-likeness (QED) is 0.424. The first-order valence-corrected chi connectivity index (χ1v) is 10.6. The number of nitrogens with one attached hydrogen (secondary N) is 1. The van der Waals surface area contributed by atoms with Crippen LogP contribution in [0.4, 0.5) is 5.69 Å². The van der Waals surface area contributed by atoms with Gasteiger partial charge in [0.05, 0.1) is 36.7 Å². The SMILES string of the molecule is CCOc1ccccc1NC(=O)CSc1nc2ccsc2c(=O)n1CCOC. The number of para-hydroxylation sites is 2. The number of fused-ring (bicyclic) bond motifs is 1. The number of carbonyl (C=O) groups is 1. The van der Waals surface area contributed by atoms with Gasteiger partial charge in [-0.1, -0.05) is 23.9 Å². The first kappa shape index (κ1) is 20.4. The van der Waals surface area contributed by atoms with Gasteiger partial charge in [0.15, 0.2) is 5.16 Å². The Labute approximate surface area is 170 Å². The van der Waals surface area contributed by atoms with Crippen molar-refractivity contribution in [3.8, 4) is 5.75 Å². The van der Waals surface area contributed by atoms with Gasteiger partial charge in [0.25, 0.3) is 5.56 Å². The van der Waals surface area contributed by atoms with Crippen molar-refractivity contribution in [3.63, 3.8) is 0 Å². The molecule has 0 aliphatic heterocycles. The Morgan fingerprint density at radius 1 is 1.32 bits per heavy atom. The summed E-state index contributed by atoms with van der Waals surface area (Å²) < 4.78 is 12.8. The summed E-state index contributed by atoms with van der Waals surface area (Å²) in [6.07, 6.45) is 0. The lowest BCUT2D eigenvalue weighted by Gasteiger charge is -2.13. The van der Waals surface area contributed by atoms with Gasteiger partial charge in [0, 0.05) is 7.11 Å². The molecule has 0 spiro atoms. The fourth-order valence-electron chi connectivity index (χ4n) is 2.58. The number of hydrogen-bond donors (Lipinski definition) is 1. The number of nitrogens with zero attached hydrogens (tertiary/aromatic N) is 2. The van der Waals surface area contributed by atoms with Crippen LogP contribution < -0.4 is 15.6 Å². The molecule has 148 valence electrons. The van der Waals surface area contributed by atoms with E-state index in [4.69, 9.17) is 9.47 Å². The monoisotopic (exact) mass is 419 g/mol. The number of hydrogen-bond acceptors (Lipinski definition) is 7. The van der Waals surface area contributed by atoms with E-state index in [1.165, 1.54) is 23.1 Å². The van der Waals surface area contributed by atoms with Crippen LogP contribution >= 0.6 is 23.1 Å². The minimum atomic E-state index is -0.199. The zero-order valence-corrected chi connectivity index (χ0v) is 17.3. The van der Waals surface area contributed by atoms with Crippen molar-refractivity contribution in [1.82, 2.24) is 9.55 Å². The standard InChI is InChI=1S/C19H21N3O4S2/c1-3-26-15-7-5-4-6-13(15)20-16(23)12-28-19-21-14-8-11-27-17(14)18(24)22(19)9-10-25-2/h4-8,11H,3,9-10,12H2,1-2H3,(H,20,23). The van der Waals surface area contributed by atoms with Crippen molar-refractivity contribution >= 4 is 44.9 Å². The van der Waals surface area contributed by atoms with Crippen molar-refractivity contribution in [3.05, 3.63) is 46.1 Å². The Balaban J connectivity index is 1.75. The Kier molecular flexibility index (Phi) is 7.07. The van der Waals surface area contributed by atoms with Crippen molar-refractivity contribution in [1.29, 1.82) is 0 Å². The lowest BCUT2D eigenvalue weighted by molar-refractivity contribution is -0.113. The number of methoxy groups -OCH3 is 1. The Morgan fingerprint density at radius 3 is 2.93 bits per heavy atom. The summed E-state index contributed by atoms with van der Waals surface area (Å²) >= 11 is 2.59. The van der Waals surface area contributed by atoms with Gasteiger partial charge in [-0.05, 0) is 30.5 Å². The molecular weight excluding hydrogens is 398 g/mol. The van der Waals surface area contributed by atoms with Gasteiger partial charge in [0.1, 0.15) is 10.4 Å². The number of thiophene rings is 1. The Hall–Kier alpha value is -2.36. The highest BCUT2D eigenvalue weighted by molar-refractivity contribution is 7.99. The number of benzene rings is 1. The lowest BCUT2D eigenvalue weighted by Crippen LogP contribution is -2.25. The molecule has 3 rings (SSSR count).